The summed E-state index contributed by atoms with van der Waals surface area (Å²) in [5.74, 6) is 2.52. The smallest absolute Gasteiger partial charge is 0.319 e. The largest absolute Gasteiger partial charge is 0.325 e. The van der Waals surface area contributed by atoms with Crippen molar-refractivity contribution in [2.75, 3.05) is 11.5 Å². The summed E-state index contributed by atoms with van der Waals surface area (Å²) in [4.78, 5) is 45.3. The standard InChI is InChI=1S/C4H10S.2C2H6.2H3O3PS/c1-3-5-4-2;2*1-2;2*1-4(2,3)5/h3-4H2,1-2H3;2*1-2H3;2*(H3,1,2,3,5). The number of thioether (sulfide) groups is 1. The minimum absolute atomic E-state index is 1.26. The molecule has 0 radical (unpaired) electrons. The van der Waals surface area contributed by atoms with E-state index in [2.05, 4.69) is 37.5 Å². The van der Waals surface area contributed by atoms with Crippen LogP contribution in [0.2, 0.25) is 0 Å². The zero-order valence-corrected chi connectivity index (χ0v) is 16.5. The highest BCUT2D eigenvalue weighted by Gasteiger charge is 1.92. The Morgan fingerprint density at radius 1 is 0.684 bits per heavy atom. The van der Waals surface area contributed by atoms with Crippen molar-refractivity contribution in [3.63, 3.8) is 0 Å². The van der Waals surface area contributed by atoms with E-state index >= 15 is 0 Å². The quantitative estimate of drug-likeness (QED) is 0.402. The Morgan fingerprint density at radius 2 is 0.789 bits per heavy atom. The third kappa shape index (κ3) is 506. The molecule has 11 heteroatoms. The first kappa shape index (κ1) is 32.4. The van der Waals surface area contributed by atoms with Crippen LogP contribution < -0.4 is 0 Å². The van der Waals surface area contributed by atoms with Crippen LogP contribution in [0.25, 0.3) is 0 Å². The topological polar surface area (TPSA) is 121 Å². The number of hydrogen-bond donors (Lipinski definition) is 6. The van der Waals surface area contributed by atoms with Crippen molar-refractivity contribution in [2.45, 2.75) is 41.5 Å². The van der Waals surface area contributed by atoms with Crippen molar-refractivity contribution in [2.24, 2.45) is 0 Å². The molecule has 0 aromatic heterocycles. The summed E-state index contributed by atoms with van der Waals surface area (Å²) in [5, 5.41) is 0. The fourth-order valence-corrected chi connectivity index (χ4v) is 0.612. The maximum Gasteiger partial charge on any atom is 0.319 e. The third-order valence-corrected chi connectivity index (χ3v) is 1.22. The summed E-state index contributed by atoms with van der Waals surface area (Å²) in [7, 11) is 0. The van der Waals surface area contributed by atoms with Crippen molar-refractivity contribution in [3.05, 3.63) is 0 Å². The Kier molecular flexibility index (Phi) is 41.6. The van der Waals surface area contributed by atoms with Gasteiger partial charge in [0.05, 0.1) is 0 Å². The minimum atomic E-state index is -3.81. The van der Waals surface area contributed by atoms with Gasteiger partial charge in [0.15, 0.2) is 0 Å². The number of rotatable bonds is 2. The third-order valence-electron chi connectivity index (χ3n) is 0.408. The molecular weight excluding hydrogens is 350 g/mol. The lowest BCUT2D eigenvalue weighted by Crippen LogP contribution is -1.65. The highest BCUT2D eigenvalue weighted by molar-refractivity contribution is 8.06. The zero-order chi connectivity index (χ0) is 17.1. The lowest BCUT2D eigenvalue weighted by molar-refractivity contribution is 0.361. The second-order valence-electron chi connectivity index (χ2n) is 1.81. The van der Waals surface area contributed by atoms with Gasteiger partial charge in [-0.15, -0.1) is 0 Å². The summed E-state index contributed by atoms with van der Waals surface area (Å²) in [5.41, 5.74) is 0. The second kappa shape index (κ2) is 24.4. The summed E-state index contributed by atoms with van der Waals surface area (Å²) < 4.78 is 0. The van der Waals surface area contributed by atoms with Gasteiger partial charge in [-0.3, -0.25) is 0 Å². The Morgan fingerprint density at radius 3 is 0.789 bits per heavy atom. The molecule has 0 rings (SSSR count). The predicted octanol–water partition coefficient (Wildman–Crippen LogP) is 2.19. The maximum absolute atomic E-state index is 7.56. The average Bonchev–Trinajstić information content (AvgIpc) is 2.20. The van der Waals surface area contributed by atoms with E-state index in [0.29, 0.717) is 0 Å². The van der Waals surface area contributed by atoms with E-state index in [9.17, 15) is 0 Å². The monoisotopic (exact) mass is 378 g/mol. The van der Waals surface area contributed by atoms with Crippen LogP contribution in [0.3, 0.4) is 0 Å². The van der Waals surface area contributed by atoms with Crippen LogP contribution in [-0.2, 0) is 23.6 Å². The molecular formula is C8H28O6P2S3. The van der Waals surface area contributed by atoms with Crippen LogP contribution in [0.5, 0.6) is 0 Å². The van der Waals surface area contributed by atoms with Crippen molar-refractivity contribution in [1.29, 1.82) is 0 Å². The van der Waals surface area contributed by atoms with E-state index in [1.807, 2.05) is 39.5 Å². The summed E-state index contributed by atoms with van der Waals surface area (Å²) in [6.07, 6.45) is 0. The molecule has 0 saturated heterocycles. The van der Waals surface area contributed by atoms with Crippen molar-refractivity contribution < 1.29 is 29.4 Å². The molecule has 19 heavy (non-hydrogen) atoms. The van der Waals surface area contributed by atoms with Gasteiger partial charge >= 0.3 is 13.4 Å². The SMILES string of the molecule is CC.CC.CCSCC.OP(O)(O)=S.OP(O)(O)=S. The molecule has 0 heterocycles. The van der Waals surface area contributed by atoms with E-state index in [4.69, 9.17) is 29.4 Å². The molecule has 0 fully saturated rings. The molecule has 0 unspecified atom stereocenters. The van der Waals surface area contributed by atoms with Gasteiger partial charge in [-0.2, -0.15) is 11.8 Å². The van der Waals surface area contributed by atoms with Crippen LogP contribution in [-0.4, -0.2) is 40.9 Å². The molecule has 0 bridgehead atoms. The average molecular weight is 378 g/mol. The van der Waals surface area contributed by atoms with Crippen LogP contribution >= 0.6 is 25.2 Å². The first-order valence-electron chi connectivity index (χ1n) is 5.56. The van der Waals surface area contributed by atoms with Crippen molar-refractivity contribution in [1.82, 2.24) is 0 Å². The van der Waals surface area contributed by atoms with Gasteiger partial charge in [0, 0.05) is 0 Å². The molecule has 0 spiro atoms. The molecule has 0 aromatic carbocycles. The van der Waals surface area contributed by atoms with Crippen molar-refractivity contribution >= 4 is 48.8 Å². The summed E-state index contributed by atoms with van der Waals surface area (Å²) in [6.45, 7) is 4.74. The Labute approximate surface area is 131 Å². The van der Waals surface area contributed by atoms with Gasteiger partial charge in [-0.1, -0.05) is 41.5 Å². The molecule has 124 valence electrons. The first-order chi connectivity index (χ1) is 8.41. The van der Waals surface area contributed by atoms with E-state index in [1.165, 1.54) is 11.5 Å². The lowest BCUT2D eigenvalue weighted by Gasteiger charge is -1.88. The minimum Gasteiger partial charge on any atom is -0.325 e. The highest BCUT2D eigenvalue weighted by Crippen LogP contribution is 2.26. The van der Waals surface area contributed by atoms with Gasteiger partial charge in [-0.05, 0) is 35.1 Å². The lowest BCUT2D eigenvalue weighted by atomic mass is 11.0. The van der Waals surface area contributed by atoms with E-state index < -0.39 is 13.4 Å². The van der Waals surface area contributed by atoms with E-state index in [1.54, 1.807) is 0 Å². The molecule has 0 atom stereocenters. The van der Waals surface area contributed by atoms with Gasteiger partial charge in [0.25, 0.3) is 0 Å². The fraction of sp³-hybridized carbons (Fsp3) is 1.00. The molecule has 0 aliphatic heterocycles. The fourth-order valence-electron chi connectivity index (χ4n) is 0.204. The van der Waals surface area contributed by atoms with Crippen LogP contribution in [0.15, 0.2) is 0 Å². The molecule has 0 aliphatic rings. The van der Waals surface area contributed by atoms with Crippen LogP contribution in [0.1, 0.15) is 41.5 Å². The molecule has 0 aliphatic carbocycles. The molecule has 0 aromatic rings. The first-order valence-corrected chi connectivity index (χ1v) is 12.0. The Bertz CT molecular complexity index is 180. The Balaban J connectivity index is -0.0000000455. The zero-order valence-electron chi connectivity index (χ0n) is 12.2. The molecule has 0 amide bonds. The van der Waals surface area contributed by atoms with Gasteiger partial charge in [0.1, 0.15) is 0 Å². The molecule has 6 N–H and O–H groups in total. The van der Waals surface area contributed by atoms with Gasteiger partial charge < -0.3 is 29.4 Å². The molecule has 0 saturated carbocycles. The van der Waals surface area contributed by atoms with E-state index in [0.717, 1.165) is 0 Å². The second-order valence-corrected chi connectivity index (χ2v) is 8.36. The maximum atomic E-state index is 7.56. The normalized spacial score (nSPS) is 9.05. The van der Waals surface area contributed by atoms with Crippen LogP contribution in [0.4, 0.5) is 0 Å². The van der Waals surface area contributed by atoms with E-state index in [-0.39, 0.29) is 0 Å². The summed E-state index contributed by atoms with van der Waals surface area (Å²) in [6, 6.07) is 0. The van der Waals surface area contributed by atoms with Crippen molar-refractivity contribution in [3.8, 4) is 0 Å². The Hall–Kier alpha value is 1.41. The number of hydrogen-bond acceptors (Lipinski definition) is 3. The molecule has 6 nitrogen and oxygen atoms in total. The van der Waals surface area contributed by atoms with Gasteiger partial charge in [0.2, 0.25) is 0 Å². The van der Waals surface area contributed by atoms with Crippen LogP contribution in [0, 0.1) is 0 Å². The highest BCUT2D eigenvalue weighted by atomic mass is 32.5. The summed E-state index contributed by atoms with van der Waals surface area (Å²) >= 11 is 9.17. The van der Waals surface area contributed by atoms with Gasteiger partial charge in [-0.25, -0.2) is 0 Å². The predicted molar refractivity (Wildman–Crippen MR) is 93.3 cm³/mol.